The lowest BCUT2D eigenvalue weighted by Crippen LogP contribution is -1.90. The Bertz CT molecular complexity index is 490. The van der Waals surface area contributed by atoms with Crippen molar-refractivity contribution in [2.45, 2.75) is 6.92 Å². The van der Waals surface area contributed by atoms with Crippen molar-refractivity contribution in [3.8, 4) is 11.1 Å². The molecule has 0 atom stereocenters. The van der Waals surface area contributed by atoms with Gasteiger partial charge in [0.15, 0.2) is 0 Å². The average Bonchev–Trinajstić information content (AvgIpc) is 2.65. The molecule has 0 unspecified atom stereocenters. The van der Waals surface area contributed by atoms with Crippen LogP contribution in [-0.4, -0.2) is 9.91 Å². The maximum absolute atomic E-state index is 10.4. The summed E-state index contributed by atoms with van der Waals surface area (Å²) in [4.78, 5) is 14.9. The standard InChI is InChI=1S/C10H8N2O2S/c1-7-4-9(6-15-7)8-2-3-10(11-5-8)12(13)14/h2-6H,1H3. The van der Waals surface area contributed by atoms with Gasteiger partial charge in [0.1, 0.15) is 6.20 Å². The number of rotatable bonds is 2. The molecule has 0 amide bonds. The number of aromatic nitrogens is 1. The monoisotopic (exact) mass is 220 g/mol. The van der Waals surface area contributed by atoms with Gasteiger partial charge in [0.05, 0.1) is 0 Å². The minimum absolute atomic E-state index is 0.120. The van der Waals surface area contributed by atoms with Crippen LogP contribution < -0.4 is 0 Å². The summed E-state index contributed by atoms with van der Waals surface area (Å²) >= 11 is 1.65. The van der Waals surface area contributed by atoms with Crippen molar-refractivity contribution in [2.75, 3.05) is 0 Å². The van der Waals surface area contributed by atoms with Gasteiger partial charge in [-0.1, -0.05) is 0 Å². The molecule has 5 heteroatoms. The fourth-order valence-corrected chi connectivity index (χ4v) is 1.97. The third kappa shape index (κ3) is 2.02. The molecule has 0 aromatic carbocycles. The number of pyridine rings is 1. The lowest BCUT2D eigenvalue weighted by molar-refractivity contribution is -0.389. The number of nitrogens with zero attached hydrogens (tertiary/aromatic N) is 2. The first-order valence-electron chi connectivity index (χ1n) is 4.33. The van der Waals surface area contributed by atoms with Crippen molar-refractivity contribution in [3.63, 3.8) is 0 Å². The molecule has 2 heterocycles. The number of thiophene rings is 1. The second-order valence-corrected chi connectivity index (χ2v) is 4.22. The Morgan fingerprint density at radius 3 is 2.67 bits per heavy atom. The molecule has 2 aromatic rings. The second-order valence-electron chi connectivity index (χ2n) is 3.11. The lowest BCUT2D eigenvalue weighted by atomic mass is 10.1. The van der Waals surface area contributed by atoms with Crippen LogP contribution in [0.4, 0.5) is 5.82 Å². The predicted molar refractivity (Wildman–Crippen MR) is 58.9 cm³/mol. The normalized spacial score (nSPS) is 10.2. The SMILES string of the molecule is Cc1cc(-c2ccc([N+](=O)[O-])nc2)cs1. The second kappa shape index (κ2) is 3.78. The van der Waals surface area contributed by atoms with E-state index in [0.29, 0.717) is 0 Å². The maximum atomic E-state index is 10.4. The summed E-state index contributed by atoms with van der Waals surface area (Å²) in [5.74, 6) is -0.120. The first-order chi connectivity index (χ1) is 7.16. The van der Waals surface area contributed by atoms with Crippen molar-refractivity contribution in [3.05, 3.63) is 44.8 Å². The molecule has 0 spiro atoms. The molecule has 2 aromatic heterocycles. The Morgan fingerprint density at radius 2 is 2.20 bits per heavy atom. The first kappa shape index (κ1) is 9.79. The summed E-state index contributed by atoms with van der Waals surface area (Å²) < 4.78 is 0. The summed E-state index contributed by atoms with van der Waals surface area (Å²) in [5.41, 5.74) is 1.96. The van der Waals surface area contributed by atoms with Crippen LogP contribution in [0.2, 0.25) is 0 Å². The highest BCUT2D eigenvalue weighted by Crippen LogP contribution is 2.25. The molecule has 0 radical (unpaired) electrons. The predicted octanol–water partition coefficient (Wildman–Crippen LogP) is 3.03. The van der Waals surface area contributed by atoms with Crippen LogP contribution in [0.25, 0.3) is 11.1 Å². The Morgan fingerprint density at radius 1 is 1.40 bits per heavy atom. The highest BCUT2D eigenvalue weighted by atomic mass is 32.1. The van der Waals surface area contributed by atoms with Gasteiger partial charge in [-0.25, -0.2) is 0 Å². The molecule has 0 aliphatic heterocycles. The summed E-state index contributed by atoms with van der Waals surface area (Å²) in [7, 11) is 0. The number of hydrogen-bond acceptors (Lipinski definition) is 4. The average molecular weight is 220 g/mol. The zero-order valence-corrected chi connectivity index (χ0v) is 8.82. The van der Waals surface area contributed by atoms with Gasteiger partial charge in [0, 0.05) is 16.5 Å². The smallest absolute Gasteiger partial charge is 0.358 e. The van der Waals surface area contributed by atoms with E-state index in [-0.39, 0.29) is 5.82 Å². The summed E-state index contributed by atoms with van der Waals surface area (Å²) in [6, 6.07) is 5.17. The van der Waals surface area contributed by atoms with Gasteiger partial charge in [-0.3, -0.25) is 0 Å². The van der Waals surface area contributed by atoms with Crippen LogP contribution in [-0.2, 0) is 0 Å². The number of hydrogen-bond donors (Lipinski definition) is 0. The molecule has 0 aliphatic rings. The Hall–Kier alpha value is -1.75. The largest absolute Gasteiger partial charge is 0.363 e. The van der Waals surface area contributed by atoms with Crippen LogP contribution in [0.1, 0.15) is 4.88 Å². The molecule has 0 saturated carbocycles. The summed E-state index contributed by atoms with van der Waals surface area (Å²) in [6.07, 6.45) is 1.53. The van der Waals surface area contributed by atoms with Gasteiger partial charge in [-0.05, 0) is 39.9 Å². The van der Waals surface area contributed by atoms with E-state index < -0.39 is 4.92 Å². The molecule has 4 nitrogen and oxygen atoms in total. The highest BCUT2D eigenvalue weighted by molar-refractivity contribution is 7.10. The lowest BCUT2D eigenvalue weighted by Gasteiger charge is -1.94. The number of nitro groups is 1. The topological polar surface area (TPSA) is 56.0 Å². The maximum Gasteiger partial charge on any atom is 0.363 e. The van der Waals surface area contributed by atoms with E-state index in [4.69, 9.17) is 0 Å². The third-order valence-electron chi connectivity index (χ3n) is 2.00. The highest BCUT2D eigenvalue weighted by Gasteiger charge is 2.08. The fourth-order valence-electron chi connectivity index (χ4n) is 1.26. The quantitative estimate of drug-likeness (QED) is 0.577. The molecule has 0 saturated heterocycles. The molecule has 0 N–H and O–H groups in total. The third-order valence-corrected chi connectivity index (χ3v) is 2.86. The molecule has 15 heavy (non-hydrogen) atoms. The molecular weight excluding hydrogens is 212 g/mol. The summed E-state index contributed by atoms with van der Waals surface area (Å²) in [6.45, 7) is 2.02. The first-order valence-corrected chi connectivity index (χ1v) is 5.21. The zero-order valence-electron chi connectivity index (χ0n) is 8.01. The van der Waals surface area contributed by atoms with E-state index in [2.05, 4.69) is 4.98 Å². The van der Waals surface area contributed by atoms with E-state index in [9.17, 15) is 10.1 Å². The summed E-state index contributed by atoms with van der Waals surface area (Å²) in [5, 5.41) is 12.4. The van der Waals surface area contributed by atoms with Crippen LogP contribution in [0, 0.1) is 17.0 Å². The Kier molecular flexibility index (Phi) is 2.47. The van der Waals surface area contributed by atoms with Gasteiger partial charge in [-0.15, -0.1) is 11.3 Å². The van der Waals surface area contributed by atoms with Gasteiger partial charge < -0.3 is 10.1 Å². The van der Waals surface area contributed by atoms with Gasteiger partial charge in [0.2, 0.25) is 0 Å². The van der Waals surface area contributed by atoms with Gasteiger partial charge in [0.25, 0.3) is 0 Å². The van der Waals surface area contributed by atoms with Gasteiger partial charge in [-0.2, -0.15) is 0 Å². The van der Waals surface area contributed by atoms with E-state index in [1.165, 1.54) is 17.1 Å². The molecule has 0 fully saturated rings. The van der Waals surface area contributed by atoms with E-state index >= 15 is 0 Å². The van der Waals surface area contributed by atoms with E-state index in [1.807, 2.05) is 18.4 Å². The van der Waals surface area contributed by atoms with E-state index in [1.54, 1.807) is 17.4 Å². The van der Waals surface area contributed by atoms with Crippen LogP contribution in [0.3, 0.4) is 0 Å². The van der Waals surface area contributed by atoms with Crippen molar-refractivity contribution < 1.29 is 4.92 Å². The van der Waals surface area contributed by atoms with Crippen LogP contribution in [0.5, 0.6) is 0 Å². The fraction of sp³-hybridized carbons (Fsp3) is 0.100. The van der Waals surface area contributed by atoms with Crippen molar-refractivity contribution >= 4 is 17.2 Å². The molecule has 2 rings (SSSR count). The van der Waals surface area contributed by atoms with E-state index in [0.717, 1.165) is 11.1 Å². The number of aryl methyl sites for hydroxylation is 1. The molecule has 0 bridgehead atoms. The Labute approximate surface area is 90.4 Å². The minimum Gasteiger partial charge on any atom is -0.358 e. The van der Waals surface area contributed by atoms with Crippen molar-refractivity contribution in [1.29, 1.82) is 0 Å². The van der Waals surface area contributed by atoms with Crippen LogP contribution in [0.15, 0.2) is 29.8 Å². The molecule has 76 valence electrons. The van der Waals surface area contributed by atoms with Crippen LogP contribution >= 0.6 is 11.3 Å². The Balaban J connectivity index is 2.35. The van der Waals surface area contributed by atoms with Crippen molar-refractivity contribution in [2.24, 2.45) is 0 Å². The van der Waals surface area contributed by atoms with Gasteiger partial charge >= 0.3 is 5.82 Å². The zero-order chi connectivity index (χ0) is 10.8. The molecular formula is C10H8N2O2S. The molecule has 0 aliphatic carbocycles. The van der Waals surface area contributed by atoms with Crippen molar-refractivity contribution in [1.82, 2.24) is 4.98 Å². The minimum atomic E-state index is -0.497.